The zero-order chi connectivity index (χ0) is 13.1. The van der Waals surface area contributed by atoms with Crippen molar-refractivity contribution in [2.45, 2.75) is 44.6 Å². The zero-order valence-corrected chi connectivity index (χ0v) is 10.8. The first kappa shape index (κ1) is 12.3. The molecular weight excluding hydrogens is 243 g/mol. The molecular formula is C14H17FN4. The maximum atomic E-state index is 13.3. The number of anilines is 1. The summed E-state index contributed by atoms with van der Waals surface area (Å²) in [7, 11) is 0. The summed E-state index contributed by atoms with van der Waals surface area (Å²) in [6.45, 7) is 0. The number of halogens is 1. The molecule has 1 aliphatic carbocycles. The van der Waals surface area contributed by atoms with E-state index in [1.165, 1.54) is 44.3 Å². The van der Waals surface area contributed by atoms with Crippen LogP contribution in [0, 0.1) is 5.95 Å². The van der Waals surface area contributed by atoms with Crippen molar-refractivity contribution in [2.24, 2.45) is 0 Å². The van der Waals surface area contributed by atoms with E-state index in [9.17, 15) is 4.39 Å². The minimum Gasteiger partial charge on any atom is -0.367 e. The average Bonchev–Trinajstić information content (AvgIpc) is 2.68. The summed E-state index contributed by atoms with van der Waals surface area (Å²) in [5, 5.41) is 4.15. The molecule has 0 radical (unpaired) electrons. The molecule has 19 heavy (non-hydrogen) atoms. The first-order valence-electron chi connectivity index (χ1n) is 6.86. The van der Waals surface area contributed by atoms with E-state index >= 15 is 0 Å². The molecule has 1 fully saturated rings. The lowest BCUT2D eigenvalue weighted by Gasteiger charge is -2.17. The van der Waals surface area contributed by atoms with Gasteiger partial charge in [-0.05, 0) is 12.8 Å². The van der Waals surface area contributed by atoms with Gasteiger partial charge in [0.2, 0.25) is 5.95 Å². The Morgan fingerprint density at radius 2 is 1.84 bits per heavy atom. The third kappa shape index (κ3) is 2.80. The van der Waals surface area contributed by atoms with Gasteiger partial charge in [0.1, 0.15) is 12.1 Å². The Balaban J connectivity index is 1.89. The van der Waals surface area contributed by atoms with Crippen molar-refractivity contribution >= 4 is 16.7 Å². The van der Waals surface area contributed by atoms with Crippen molar-refractivity contribution in [1.29, 1.82) is 0 Å². The Morgan fingerprint density at radius 1 is 1.05 bits per heavy atom. The van der Waals surface area contributed by atoms with Crippen LogP contribution >= 0.6 is 0 Å². The molecule has 0 spiro atoms. The van der Waals surface area contributed by atoms with Crippen molar-refractivity contribution in [3.63, 3.8) is 0 Å². The molecule has 0 atom stereocenters. The predicted octanol–water partition coefficient (Wildman–Crippen LogP) is 3.30. The van der Waals surface area contributed by atoms with Crippen LogP contribution in [0.3, 0.4) is 0 Å². The van der Waals surface area contributed by atoms with Crippen LogP contribution in [-0.2, 0) is 0 Å². The van der Waals surface area contributed by atoms with Crippen LogP contribution in [0.1, 0.15) is 38.5 Å². The Bertz CT molecular complexity index is 564. The van der Waals surface area contributed by atoms with Crippen LogP contribution in [0.15, 0.2) is 18.6 Å². The highest BCUT2D eigenvalue weighted by Crippen LogP contribution is 2.24. The van der Waals surface area contributed by atoms with E-state index in [1.807, 2.05) is 0 Å². The molecule has 5 heteroatoms. The van der Waals surface area contributed by atoms with Gasteiger partial charge in [-0.2, -0.15) is 4.39 Å². The van der Waals surface area contributed by atoms with Gasteiger partial charge in [0, 0.05) is 17.5 Å². The molecule has 0 amide bonds. The Kier molecular flexibility index (Phi) is 3.53. The van der Waals surface area contributed by atoms with Gasteiger partial charge in [-0.3, -0.25) is 0 Å². The summed E-state index contributed by atoms with van der Waals surface area (Å²) >= 11 is 0. The molecule has 0 bridgehead atoms. The highest BCUT2D eigenvalue weighted by atomic mass is 19.1. The fourth-order valence-electron chi connectivity index (χ4n) is 2.67. The van der Waals surface area contributed by atoms with E-state index < -0.39 is 5.95 Å². The number of pyridine rings is 1. The summed E-state index contributed by atoms with van der Waals surface area (Å²) in [6, 6.07) is 1.82. The number of hydrogen-bond acceptors (Lipinski definition) is 4. The Labute approximate surface area is 111 Å². The summed E-state index contributed by atoms with van der Waals surface area (Å²) in [6.07, 6.45) is 10.4. The van der Waals surface area contributed by atoms with Gasteiger partial charge in [0.15, 0.2) is 0 Å². The normalized spacial score (nSPS) is 17.3. The summed E-state index contributed by atoms with van der Waals surface area (Å²) in [5.74, 6) is 0.226. The largest absolute Gasteiger partial charge is 0.367 e. The third-order valence-electron chi connectivity index (χ3n) is 3.68. The van der Waals surface area contributed by atoms with Crippen molar-refractivity contribution in [3.05, 3.63) is 24.5 Å². The summed E-state index contributed by atoms with van der Waals surface area (Å²) in [4.78, 5) is 12.0. The van der Waals surface area contributed by atoms with Crippen molar-refractivity contribution in [2.75, 3.05) is 5.32 Å². The monoisotopic (exact) mass is 260 g/mol. The topological polar surface area (TPSA) is 50.7 Å². The highest BCUT2D eigenvalue weighted by molar-refractivity contribution is 5.88. The molecule has 3 rings (SSSR count). The molecule has 1 N–H and O–H groups in total. The van der Waals surface area contributed by atoms with E-state index in [1.54, 1.807) is 0 Å². The molecule has 2 heterocycles. The lowest BCUT2D eigenvalue weighted by atomic mass is 10.1. The molecule has 0 aromatic carbocycles. The maximum Gasteiger partial charge on any atom is 0.213 e. The van der Waals surface area contributed by atoms with Gasteiger partial charge in [0.05, 0.1) is 11.7 Å². The lowest BCUT2D eigenvalue weighted by Crippen LogP contribution is -2.19. The van der Waals surface area contributed by atoms with Gasteiger partial charge in [-0.25, -0.2) is 15.0 Å². The van der Waals surface area contributed by atoms with Crippen molar-refractivity contribution in [3.8, 4) is 0 Å². The average molecular weight is 260 g/mol. The first-order valence-corrected chi connectivity index (χ1v) is 6.86. The van der Waals surface area contributed by atoms with Crippen LogP contribution in [0.4, 0.5) is 10.2 Å². The maximum absolute atomic E-state index is 13.3. The van der Waals surface area contributed by atoms with E-state index in [0.29, 0.717) is 16.9 Å². The van der Waals surface area contributed by atoms with Crippen LogP contribution in [0.25, 0.3) is 10.9 Å². The number of fused-ring (bicyclic) bond motifs is 1. The number of aromatic nitrogens is 3. The molecule has 2 aromatic rings. The van der Waals surface area contributed by atoms with Gasteiger partial charge >= 0.3 is 0 Å². The van der Waals surface area contributed by atoms with Crippen molar-refractivity contribution < 1.29 is 4.39 Å². The van der Waals surface area contributed by atoms with E-state index in [-0.39, 0.29) is 0 Å². The first-order chi connectivity index (χ1) is 9.33. The van der Waals surface area contributed by atoms with Crippen LogP contribution in [-0.4, -0.2) is 21.0 Å². The van der Waals surface area contributed by atoms with E-state index in [4.69, 9.17) is 0 Å². The number of nitrogens with zero attached hydrogens (tertiary/aromatic N) is 3. The minimum absolute atomic E-state index is 0.428. The molecule has 1 saturated carbocycles. The lowest BCUT2D eigenvalue weighted by molar-refractivity contribution is 0.586. The number of hydrogen-bond donors (Lipinski definition) is 1. The van der Waals surface area contributed by atoms with E-state index in [0.717, 1.165) is 18.7 Å². The second-order valence-corrected chi connectivity index (χ2v) is 5.08. The minimum atomic E-state index is -0.494. The second-order valence-electron chi connectivity index (χ2n) is 5.08. The SMILES string of the molecule is Fc1cc2c(NC3CCCCCC3)ncnc2cn1. The van der Waals surface area contributed by atoms with Gasteiger partial charge < -0.3 is 5.32 Å². The van der Waals surface area contributed by atoms with Crippen molar-refractivity contribution in [1.82, 2.24) is 15.0 Å². The van der Waals surface area contributed by atoms with Crippen LogP contribution < -0.4 is 5.32 Å². The smallest absolute Gasteiger partial charge is 0.213 e. The molecule has 4 nitrogen and oxygen atoms in total. The Hall–Kier alpha value is -1.78. The van der Waals surface area contributed by atoms with Gasteiger partial charge in [0.25, 0.3) is 0 Å². The molecule has 0 aliphatic heterocycles. The number of nitrogens with one attached hydrogen (secondary N) is 1. The Morgan fingerprint density at radius 3 is 2.63 bits per heavy atom. The number of rotatable bonds is 2. The molecule has 2 aromatic heterocycles. The van der Waals surface area contributed by atoms with Gasteiger partial charge in [-0.15, -0.1) is 0 Å². The molecule has 1 aliphatic rings. The highest BCUT2D eigenvalue weighted by Gasteiger charge is 2.14. The van der Waals surface area contributed by atoms with Crippen LogP contribution in [0.5, 0.6) is 0 Å². The molecule has 0 saturated heterocycles. The predicted molar refractivity (Wildman–Crippen MR) is 72.4 cm³/mol. The van der Waals surface area contributed by atoms with E-state index in [2.05, 4.69) is 20.3 Å². The third-order valence-corrected chi connectivity index (χ3v) is 3.68. The van der Waals surface area contributed by atoms with Crippen LogP contribution in [0.2, 0.25) is 0 Å². The molecule has 100 valence electrons. The van der Waals surface area contributed by atoms with Gasteiger partial charge in [-0.1, -0.05) is 25.7 Å². The molecule has 0 unspecified atom stereocenters. The standard InChI is InChI=1S/C14H17FN4/c15-13-7-11-12(8-16-13)17-9-18-14(11)19-10-5-3-1-2-4-6-10/h7-10H,1-6H2,(H,17,18,19). The fourth-order valence-corrected chi connectivity index (χ4v) is 2.67. The summed E-state index contributed by atoms with van der Waals surface area (Å²) in [5.41, 5.74) is 0.674. The fraction of sp³-hybridized carbons (Fsp3) is 0.500. The zero-order valence-electron chi connectivity index (χ0n) is 10.8. The summed E-state index contributed by atoms with van der Waals surface area (Å²) < 4.78 is 13.3. The second kappa shape index (κ2) is 5.47. The quantitative estimate of drug-likeness (QED) is 0.665.